The molecule has 2 amide bonds. The number of hydrogen-bond acceptors (Lipinski definition) is 10. The lowest BCUT2D eigenvalue weighted by atomic mass is 10.4. The highest BCUT2D eigenvalue weighted by atomic mass is 32.2. The van der Waals surface area contributed by atoms with E-state index in [-0.39, 0.29) is 17.9 Å². The zero-order valence-corrected chi connectivity index (χ0v) is 17.0. The van der Waals surface area contributed by atoms with Gasteiger partial charge in [0.15, 0.2) is 9.84 Å². The number of aromatic nitrogens is 3. The van der Waals surface area contributed by atoms with Gasteiger partial charge in [-0.15, -0.1) is 0 Å². The van der Waals surface area contributed by atoms with E-state index in [4.69, 9.17) is 4.74 Å². The van der Waals surface area contributed by atoms with Crippen molar-refractivity contribution in [2.24, 2.45) is 0 Å². The van der Waals surface area contributed by atoms with Gasteiger partial charge in [0.05, 0.1) is 12.0 Å². The number of sulfone groups is 1. The maximum atomic E-state index is 12.5. The molecule has 14 heteroatoms. The van der Waals surface area contributed by atoms with Crippen LogP contribution in [0, 0.1) is 0 Å². The third-order valence-corrected chi connectivity index (χ3v) is 5.85. The van der Waals surface area contributed by atoms with Gasteiger partial charge in [-0.3, -0.25) is 5.32 Å². The Kier molecular flexibility index (Phi) is 6.04. The summed E-state index contributed by atoms with van der Waals surface area (Å²) in [6, 6.07) is 3.61. The first-order chi connectivity index (χ1) is 12.9. The molecule has 12 nitrogen and oxygen atoms in total. The summed E-state index contributed by atoms with van der Waals surface area (Å²) in [5, 5.41) is 2.15. The predicted octanol–water partition coefficient (Wildman–Crippen LogP) is -0.140. The van der Waals surface area contributed by atoms with Crippen molar-refractivity contribution in [1.82, 2.24) is 19.7 Å². The van der Waals surface area contributed by atoms with Gasteiger partial charge in [-0.25, -0.2) is 26.4 Å². The predicted molar refractivity (Wildman–Crippen MR) is 99.6 cm³/mol. The Hall–Kier alpha value is -3.00. The Bertz CT molecular complexity index is 1100. The molecule has 0 atom stereocenters. The Labute approximate surface area is 161 Å². The summed E-state index contributed by atoms with van der Waals surface area (Å²) in [6.07, 6.45) is 0.862. The largest absolute Gasteiger partial charge is 0.467 e. The molecule has 0 saturated heterocycles. The second kappa shape index (κ2) is 7.93. The number of nitrogens with zero attached hydrogens (tertiary/aromatic N) is 4. The highest BCUT2D eigenvalue weighted by Gasteiger charge is 2.25. The molecule has 28 heavy (non-hydrogen) atoms. The number of anilines is 2. The van der Waals surface area contributed by atoms with Crippen LogP contribution in [0.5, 0.6) is 6.01 Å². The molecule has 2 aromatic rings. The molecule has 0 aliphatic carbocycles. The minimum absolute atomic E-state index is 0.0979. The van der Waals surface area contributed by atoms with Crippen molar-refractivity contribution in [3.63, 3.8) is 0 Å². The number of hydrogen-bond donors (Lipinski definition) is 2. The molecule has 152 valence electrons. The SMILES string of the molecule is COc1nc(NC(=O)NS(=O)(=O)c2ccccc2S(C)(=O)=O)nc(N(C)C)n1. The topological polar surface area (TPSA) is 161 Å². The summed E-state index contributed by atoms with van der Waals surface area (Å²) in [5.74, 6) is -0.105. The Morgan fingerprint density at radius 2 is 1.64 bits per heavy atom. The van der Waals surface area contributed by atoms with Crippen molar-refractivity contribution in [2.75, 3.05) is 37.7 Å². The van der Waals surface area contributed by atoms with Crippen LogP contribution >= 0.6 is 0 Å². The van der Waals surface area contributed by atoms with E-state index >= 15 is 0 Å². The molecule has 0 aliphatic rings. The zero-order chi connectivity index (χ0) is 21.1. The van der Waals surface area contributed by atoms with Gasteiger partial charge < -0.3 is 9.64 Å². The molecule has 0 saturated carbocycles. The molecule has 1 heterocycles. The van der Waals surface area contributed by atoms with Crippen molar-refractivity contribution in [3.8, 4) is 6.01 Å². The highest BCUT2D eigenvalue weighted by molar-refractivity contribution is 7.93. The van der Waals surface area contributed by atoms with Crippen LogP contribution in [0.3, 0.4) is 0 Å². The van der Waals surface area contributed by atoms with Crippen molar-refractivity contribution < 1.29 is 26.4 Å². The summed E-state index contributed by atoms with van der Waals surface area (Å²) < 4.78 is 55.2. The quantitative estimate of drug-likeness (QED) is 0.631. The van der Waals surface area contributed by atoms with E-state index in [2.05, 4.69) is 20.3 Å². The van der Waals surface area contributed by atoms with Gasteiger partial charge in [-0.1, -0.05) is 12.1 Å². The van der Waals surface area contributed by atoms with Gasteiger partial charge in [0.2, 0.25) is 11.9 Å². The van der Waals surface area contributed by atoms with E-state index in [1.807, 2.05) is 0 Å². The second-order valence-corrected chi connectivity index (χ2v) is 9.25. The van der Waals surface area contributed by atoms with Gasteiger partial charge in [0.1, 0.15) is 4.90 Å². The molecule has 0 aliphatic heterocycles. The molecular weight excluding hydrogens is 412 g/mol. The number of ether oxygens (including phenoxy) is 1. The lowest BCUT2D eigenvalue weighted by Crippen LogP contribution is -2.35. The van der Waals surface area contributed by atoms with Gasteiger partial charge in [-0.2, -0.15) is 15.0 Å². The Morgan fingerprint density at radius 1 is 1.04 bits per heavy atom. The summed E-state index contributed by atoms with van der Waals surface area (Å²) in [5.41, 5.74) is 0. The number of urea groups is 1. The molecule has 0 radical (unpaired) electrons. The first-order valence-corrected chi connectivity index (χ1v) is 10.9. The molecule has 1 aromatic carbocycles. The smallest absolute Gasteiger partial charge is 0.335 e. The lowest BCUT2D eigenvalue weighted by molar-refractivity contribution is 0.256. The maximum Gasteiger partial charge on any atom is 0.335 e. The number of carbonyl (C=O) groups excluding carboxylic acids is 1. The fourth-order valence-electron chi connectivity index (χ4n) is 1.98. The van der Waals surface area contributed by atoms with Crippen molar-refractivity contribution in [3.05, 3.63) is 24.3 Å². The fourth-order valence-corrected chi connectivity index (χ4v) is 4.51. The van der Waals surface area contributed by atoms with Crippen LogP contribution in [0.2, 0.25) is 0 Å². The van der Waals surface area contributed by atoms with Crippen molar-refractivity contribution in [1.29, 1.82) is 0 Å². The van der Waals surface area contributed by atoms with Gasteiger partial charge in [-0.05, 0) is 12.1 Å². The monoisotopic (exact) mass is 430 g/mol. The molecule has 2 N–H and O–H groups in total. The molecule has 0 fully saturated rings. The number of benzene rings is 1. The number of nitrogens with one attached hydrogen (secondary N) is 2. The first-order valence-electron chi connectivity index (χ1n) is 7.54. The van der Waals surface area contributed by atoms with Crippen LogP contribution in [-0.2, 0) is 19.9 Å². The number of rotatable bonds is 6. The summed E-state index contributed by atoms with van der Waals surface area (Å²) in [7, 11) is -3.73. The van der Waals surface area contributed by atoms with Crippen LogP contribution in [0.1, 0.15) is 0 Å². The molecule has 0 bridgehead atoms. The second-order valence-electron chi connectivity index (χ2n) is 5.62. The van der Waals surface area contributed by atoms with Crippen LogP contribution in [0.25, 0.3) is 0 Å². The number of methoxy groups -OCH3 is 1. The lowest BCUT2D eigenvalue weighted by Gasteiger charge is -2.13. The van der Waals surface area contributed by atoms with Crippen LogP contribution in [0.15, 0.2) is 34.1 Å². The van der Waals surface area contributed by atoms with Crippen LogP contribution < -0.4 is 19.7 Å². The van der Waals surface area contributed by atoms with Crippen LogP contribution in [-0.4, -0.2) is 65.3 Å². The summed E-state index contributed by atoms with van der Waals surface area (Å²) in [4.78, 5) is 24.3. The Morgan fingerprint density at radius 3 is 2.18 bits per heavy atom. The van der Waals surface area contributed by atoms with Crippen LogP contribution in [0.4, 0.5) is 16.7 Å². The average molecular weight is 430 g/mol. The standard InChI is InChI=1S/C14H18N6O6S2/c1-20(2)12-15-11(17-14(18-12)26-3)16-13(21)19-28(24,25)10-8-6-5-7-9(10)27(4,22)23/h5-8H,1-4H3,(H2,15,16,17,18,19,21). The minimum atomic E-state index is -4.49. The van der Waals surface area contributed by atoms with E-state index in [1.54, 1.807) is 18.8 Å². The van der Waals surface area contributed by atoms with E-state index in [9.17, 15) is 21.6 Å². The van der Waals surface area contributed by atoms with E-state index in [0.29, 0.717) is 0 Å². The third kappa shape index (κ3) is 5.04. The minimum Gasteiger partial charge on any atom is -0.467 e. The van der Waals surface area contributed by atoms with E-state index in [0.717, 1.165) is 18.4 Å². The molecular formula is C14H18N6O6S2. The molecule has 0 unspecified atom stereocenters. The number of carbonyl (C=O) groups is 1. The van der Waals surface area contributed by atoms with Crippen molar-refractivity contribution >= 4 is 37.8 Å². The first kappa shape index (κ1) is 21.3. The highest BCUT2D eigenvalue weighted by Crippen LogP contribution is 2.20. The van der Waals surface area contributed by atoms with Gasteiger partial charge in [0, 0.05) is 20.4 Å². The molecule has 0 spiro atoms. The third-order valence-electron chi connectivity index (χ3n) is 3.18. The normalized spacial score (nSPS) is 11.6. The maximum absolute atomic E-state index is 12.5. The molecule has 2 rings (SSSR count). The average Bonchev–Trinajstić information content (AvgIpc) is 2.60. The van der Waals surface area contributed by atoms with Gasteiger partial charge >= 0.3 is 12.0 Å². The van der Waals surface area contributed by atoms with E-state index < -0.39 is 35.7 Å². The molecule has 1 aromatic heterocycles. The van der Waals surface area contributed by atoms with Crippen molar-refractivity contribution in [2.45, 2.75) is 9.79 Å². The van der Waals surface area contributed by atoms with Gasteiger partial charge in [0.25, 0.3) is 10.0 Å². The van der Waals surface area contributed by atoms with E-state index in [1.165, 1.54) is 24.1 Å². The number of sulfonamides is 1. The Balaban J connectivity index is 2.30. The summed E-state index contributed by atoms with van der Waals surface area (Å²) in [6.45, 7) is 0. The zero-order valence-electron chi connectivity index (χ0n) is 15.4. The summed E-state index contributed by atoms with van der Waals surface area (Å²) >= 11 is 0. The fraction of sp³-hybridized carbons (Fsp3) is 0.286. The number of amides is 2.